The third-order valence-corrected chi connectivity index (χ3v) is 12.9. The Morgan fingerprint density at radius 2 is 1.74 bits per heavy atom. The molecule has 1 spiro atoms. The van der Waals surface area contributed by atoms with Crippen LogP contribution in [0.4, 0.5) is 24.8 Å². The Balaban J connectivity index is 1.01. The lowest BCUT2D eigenvalue weighted by atomic mass is 9.67. The summed E-state index contributed by atoms with van der Waals surface area (Å²) in [5.41, 5.74) is 9.92. The molecule has 2 aromatic rings. The molecule has 1 atom stereocenters. The summed E-state index contributed by atoms with van der Waals surface area (Å²) < 4.78 is 72.0. The van der Waals surface area contributed by atoms with Crippen LogP contribution in [0.15, 0.2) is 34.2 Å². The highest BCUT2D eigenvalue weighted by Gasteiger charge is 2.49. The second kappa shape index (κ2) is 15.0. The van der Waals surface area contributed by atoms with Gasteiger partial charge in [0.25, 0.3) is 17.7 Å². The van der Waals surface area contributed by atoms with E-state index in [-0.39, 0.29) is 70.1 Å². The van der Waals surface area contributed by atoms with E-state index in [0.717, 1.165) is 0 Å². The average molecular weight is 797 g/mol. The first-order chi connectivity index (χ1) is 25.4. The van der Waals surface area contributed by atoms with Gasteiger partial charge in [0.15, 0.2) is 38.9 Å². The molecule has 3 fully saturated rings. The van der Waals surface area contributed by atoms with Crippen LogP contribution in [0.5, 0.6) is 0 Å². The van der Waals surface area contributed by atoms with Crippen molar-refractivity contribution in [1.29, 1.82) is 0 Å². The second-order valence-corrected chi connectivity index (χ2v) is 16.9. The molecule has 5 N–H and O–H groups in total. The van der Waals surface area contributed by atoms with E-state index in [1.165, 1.54) is 24.3 Å². The number of amides is 3. The highest BCUT2D eigenvalue weighted by atomic mass is 35.5. The SMILES string of the molecule is Nc1nc(N)c(C(=O)NC2=NCC3(CCN(C(=O)c4cccc(S(=O)(=O)CCC5(C(=O)OCC(=O)N6CCCC6C(F)(F)F)CCC5)c4)CC3)C2)nc1Cl. The van der Waals surface area contributed by atoms with E-state index in [1.807, 2.05) is 0 Å². The normalized spacial score (nSPS) is 20.7. The van der Waals surface area contributed by atoms with Crippen LogP contribution in [0, 0.1) is 10.8 Å². The Morgan fingerprint density at radius 3 is 2.41 bits per heavy atom. The number of amidine groups is 1. The number of carbonyl (C=O) groups is 4. The molecule has 4 aliphatic rings. The molecule has 54 heavy (non-hydrogen) atoms. The van der Waals surface area contributed by atoms with E-state index in [2.05, 4.69) is 20.3 Å². The van der Waals surface area contributed by atoms with Gasteiger partial charge in [-0.2, -0.15) is 13.2 Å². The number of nitrogen functional groups attached to an aromatic ring is 2. The summed E-state index contributed by atoms with van der Waals surface area (Å²) in [5.74, 6) is -2.99. The third-order valence-electron chi connectivity index (χ3n) is 10.9. The minimum absolute atomic E-state index is 0.0861. The van der Waals surface area contributed by atoms with Gasteiger partial charge in [0.05, 0.1) is 16.1 Å². The van der Waals surface area contributed by atoms with E-state index in [0.29, 0.717) is 68.9 Å². The minimum Gasteiger partial charge on any atom is -0.455 e. The van der Waals surface area contributed by atoms with Crippen LogP contribution in [-0.4, -0.2) is 108 Å². The Labute approximate surface area is 313 Å². The maximum Gasteiger partial charge on any atom is 0.408 e. The maximum absolute atomic E-state index is 13.5. The van der Waals surface area contributed by atoms with Gasteiger partial charge < -0.3 is 31.3 Å². The zero-order chi connectivity index (χ0) is 39.1. The van der Waals surface area contributed by atoms with Gasteiger partial charge in [0.1, 0.15) is 11.9 Å². The number of carbonyl (C=O) groups excluding carboxylic acids is 4. The Bertz CT molecular complexity index is 1980. The lowest BCUT2D eigenvalue weighted by Gasteiger charge is -2.39. The molecule has 6 rings (SSSR count). The summed E-state index contributed by atoms with van der Waals surface area (Å²) in [6, 6.07) is 3.77. The highest BCUT2D eigenvalue weighted by Crippen LogP contribution is 2.46. The number of hydrogen-bond acceptors (Lipinski definition) is 12. The number of hydrogen-bond donors (Lipinski definition) is 3. The number of aliphatic imine (C=N–C) groups is 1. The Morgan fingerprint density at radius 1 is 1.02 bits per heavy atom. The fourth-order valence-corrected chi connectivity index (χ4v) is 9.13. The fraction of sp³-hybridized carbons (Fsp3) is 0.559. The molecule has 0 bridgehead atoms. The van der Waals surface area contributed by atoms with Crippen LogP contribution < -0.4 is 16.8 Å². The molecule has 1 saturated carbocycles. The summed E-state index contributed by atoms with van der Waals surface area (Å²) in [6.45, 7) is 0.250. The first kappa shape index (κ1) is 39.2. The van der Waals surface area contributed by atoms with Crippen molar-refractivity contribution in [2.24, 2.45) is 15.8 Å². The first-order valence-electron chi connectivity index (χ1n) is 17.5. The number of rotatable bonds is 9. The summed E-state index contributed by atoms with van der Waals surface area (Å²) in [6.07, 6.45) is -1.84. The number of aromatic nitrogens is 2. The minimum atomic E-state index is -4.58. The van der Waals surface area contributed by atoms with Gasteiger partial charge >= 0.3 is 12.1 Å². The van der Waals surface area contributed by atoms with Gasteiger partial charge in [-0.3, -0.25) is 24.2 Å². The maximum atomic E-state index is 13.5. The number of nitrogens with zero attached hydrogens (tertiary/aromatic N) is 5. The van der Waals surface area contributed by atoms with E-state index in [1.54, 1.807) is 4.90 Å². The average Bonchev–Trinajstić information content (AvgIpc) is 3.76. The number of ether oxygens (including phenoxy) is 1. The number of nitrogens with one attached hydrogen (secondary N) is 1. The molecule has 20 heteroatoms. The van der Waals surface area contributed by atoms with Crippen molar-refractivity contribution in [3.8, 4) is 0 Å². The standard InChI is InChI=1S/C34H40ClF3N8O7S/c35-26-28(40)44-27(39)25(43-26)29(48)42-23-17-32(19-41-23)9-13-45(14-10-32)30(49)20-4-1-5-21(16-20)54(51,52)15-11-33(7-3-8-33)31(50)53-18-24(47)46-12-2-6-22(46)34(36,37)38/h1,4-5,16,22H,2-3,6-15,17-19H2,(H4,39,40,44)(H,41,42,48). The molecule has 4 heterocycles. The molecule has 3 amide bonds. The molecule has 1 aromatic carbocycles. The number of nitrogens with two attached hydrogens (primary N) is 2. The second-order valence-electron chi connectivity index (χ2n) is 14.4. The number of halogens is 4. The van der Waals surface area contributed by atoms with Crippen molar-refractivity contribution in [2.75, 3.05) is 50.0 Å². The van der Waals surface area contributed by atoms with Crippen molar-refractivity contribution in [3.05, 3.63) is 40.7 Å². The van der Waals surface area contributed by atoms with E-state index in [9.17, 15) is 40.8 Å². The van der Waals surface area contributed by atoms with Gasteiger partial charge in [-0.05, 0) is 63.1 Å². The number of anilines is 2. The van der Waals surface area contributed by atoms with Crippen LogP contribution in [-0.2, 0) is 24.2 Å². The number of alkyl halides is 3. The molecule has 3 aliphatic heterocycles. The van der Waals surface area contributed by atoms with Gasteiger partial charge in [-0.1, -0.05) is 24.1 Å². The summed E-state index contributed by atoms with van der Waals surface area (Å²) in [7, 11) is -3.98. The quantitative estimate of drug-likeness (QED) is 0.313. The molecule has 1 aliphatic carbocycles. The lowest BCUT2D eigenvalue weighted by molar-refractivity contribution is -0.186. The number of esters is 1. The van der Waals surface area contributed by atoms with Crippen molar-refractivity contribution >= 4 is 62.6 Å². The number of likely N-dealkylation sites (tertiary alicyclic amines) is 2. The van der Waals surface area contributed by atoms with Crippen molar-refractivity contribution < 1.29 is 45.5 Å². The summed E-state index contributed by atoms with van der Waals surface area (Å²) in [4.78, 5) is 66.4. The molecule has 0 radical (unpaired) electrons. The molecule has 292 valence electrons. The van der Waals surface area contributed by atoms with Crippen LogP contribution in [0.2, 0.25) is 5.15 Å². The fourth-order valence-electron chi connectivity index (χ4n) is 7.51. The zero-order valence-electron chi connectivity index (χ0n) is 29.2. The lowest BCUT2D eigenvalue weighted by Crippen LogP contribution is -2.47. The van der Waals surface area contributed by atoms with Crippen LogP contribution >= 0.6 is 11.6 Å². The molecule has 1 aromatic heterocycles. The van der Waals surface area contributed by atoms with Crippen LogP contribution in [0.25, 0.3) is 0 Å². The molecule has 1 unspecified atom stereocenters. The van der Waals surface area contributed by atoms with Crippen LogP contribution in [0.1, 0.15) is 78.6 Å². The number of piperidine rings is 1. The van der Waals surface area contributed by atoms with Gasteiger partial charge in [0, 0.05) is 43.6 Å². The topological polar surface area (TPSA) is 220 Å². The molecular formula is C34H40ClF3N8O7S. The molecule has 2 saturated heterocycles. The first-order valence-corrected chi connectivity index (χ1v) is 19.5. The van der Waals surface area contributed by atoms with E-state index >= 15 is 0 Å². The van der Waals surface area contributed by atoms with Gasteiger partial charge in [0.2, 0.25) is 0 Å². The van der Waals surface area contributed by atoms with Gasteiger partial charge in [-0.15, -0.1) is 0 Å². The predicted molar refractivity (Wildman–Crippen MR) is 189 cm³/mol. The van der Waals surface area contributed by atoms with Gasteiger partial charge in [-0.25, -0.2) is 18.4 Å². The summed E-state index contributed by atoms with van der Waals surface area (Å²) >= 11 is 5.90. The van der Waals surface area contributed by atoms with Crippen LogP contribution in [0.3, 0.4) is 0 Å². The third kappa shape index (κ3) is 8.11. The largest absolute Gasteiger partial charge is 0.455 e. The van der Waals surface area contributed by atoms with Crippen molar-refractivity contribution in [2.45, 2.75) is 74.9 Å². The van der Waals surface area contributed by atoms with Crippen molar-refractivity contribution in [1.82, 2.24) is 25.1 Å². The summed E-state index contributed by atoms with van der Waals surface area (Å²) in [5, 5.41) is 2.56. The number of sulfone groups is 1. The monoisotopic (exact) mass is 796 g/mol. The van der Waals surface area contributed by atoms with E-state index in [4.69, 9.17) is 27.8 Å². The van der Waals surface area contributed by atoms with E-state index < -0.39 is 57.6 Å². The van der Waals surface area contributed by atoms with Crippen molar-refractivity contribution in [3.63, 3.8) is 0 Å². The predicted octanol–water partition coefficient (Wildman–Crippen LogP) is 3.18. The zero-order valence-corrected chi connectivity index (χ0v) is 30.7. The molecular weight excluding hydrogens is 757 g/mol. The Kier molecular flexibility index (Phi) is 10.9. The Hall–Kier alpha value is -4.52. The molecule has 15 nitrogen and oxygen atoms in total. The smallest absolute Gasteiger partial charge is 0.408 e. The number of benzene rings is 1. The highest BCUT2D eigenvalue weighted by molar-refractivity contribution is 7.91.